The second-order valence-electron chi connectivity index (χ2n) is 5.26. The molecule has 2 atom stereocenters. The average Bonchev–Trinajstić information content (AvgIpc) is 3.01. The number of hydrogen-bond acceptors (Lipinski definition) is 3. The van der Waals surface area contributed by atoms with Gasteiger partial charge >= 0.3 is 0 Å². The Morgan fingerprint density at radius 3 is 3.00 bits per heavy atom. The highest BCUT2D eigenvalue weighted by Gasteiger charge is 2.25. The molecule has 1 amide bonds. The maximum absolute atomic E-state index is 13.1. The fourth-order valence-corrected chi connectivity index (χ4v) is 2.69. The van der Waals surface area contributed by atoms with Gasteiger partial charge in [0, 0.05) is 17.8 Å². The average molecular weight is 277 g/mol. The number of amides is 1. The smallest absolute Gasteiger partial charge is 0.287 e. The molecule has 0 spiro atoms. The van der Waals surface area contributed by atoms with Crippen LogP contribution in [0.15, 0.2) is 28.7 Å². The Kier molecular flexibility index (Phi) is 3.44. The van der Waals surface area contributed by atoms with E-state index in [9.17, 15) is 14.3 Å². The Morgan fingerprint density at radius 2 is 2.25 bits per heavy atom. The van der Waals surface area contributed by atoms with Crippen molar-refractivity contribution in [2.75, 3.05) is 6.54 Å². The van der Waals surface area contributed by atoms with Crippen molar-refractivity contribution >= 4 is 16.9 Å². The monoisotopic (exact) mass is 277 g/mol. The molecule has 1 aromatic carbocycles. The second kappa shape index (κ2) is 5.25. The van der Waals surface area contributed by atoms with Crippen molar-refractivity contribution in [3.05, 3.63) is 35.8 Å². The van der Waals surface area contributed by atoms with Crippen molar-refractivity contribution in [2.45, 2.75) is 25.4 Å². The summed E-state index contributed by atoms with van der Waals surface area (Å²) < 4.78 is 18.5. The normalized spacial score (nSPS) is 22.3. The summed E-state index contributed by atoms with van der Waals surface area (Å²) in [6.45, 7) is 0.436. The molecule has 5 heteroatoms. The molecule has 2 aromatic rings. The number of halogens is 1. The summed E-state index contributed by atoms with van der Waals surface area (Å²) in [5, 5.41) is 13.0. The van der Waals surface area contributed by atoms with Gasteiger partial charge in [0.15, 0.2) is 5.76 Å². The molecule has 1 fully saturated rings. The van der Waals surface area contributed by atoms with E-state index < -0.39 is 0 Å². The summed E-state index contributed by atoms with van der Waals surface area (Å²) in [6, 6.07) is 5.65. The summed E-state index contributed by atoms with van der Waals surface area (Å²) in [6.07, 6.45) is 2.38. The summed E-state index contributed by atoms with van der Waals surface area (Å²) in [7, 11) is 0. The lowest BCUT2D eigenvalue weighted by Crippen LogP contribution is -2.32. The number of carbonyl (C=O) groups excluding carboxylic acids is 1. The van der Waals surface area contributed by atoms with Gasteiger partial charge in [0.05, 0.1) is 6.10 Å². The number of rotatable bonds is 3. The van der Waals surface area contributed by atoms with Crippen LogP contribution in [0.5, 0.6) is 0 Å². The topological polar surface area (TPSA) is 62.5 Å². The molecule has 3 rings (SSSR count). The van der Waals surface area contributed by atoms with Gasteiger partial charge in [0.1, 0.15) is 11.4 Å². The number of benzene rings is 1. The highest BCUT2D eigenvalue weighted by molar-refractivity contribution is 5.96. The summed E-state index contributed by atoms with van der Waals surface area (Å²) in [5.41, 5.74) is 0.484. The summed E-state index contributed by atoms with van der Waals surface area (Å²) in [5.74, 6) is -0.418. The van der Waals surface area contributed by atoms with Crippen LogP contribution in [0.3, 0.4) is 0 Å². The van der Waals surface area contributed by atoms with E-state index in [0.717, 1.165) is 19.3 Å². The van der Waals surface area contributed by atoms with E-state index in [1.165, 1.54) is 24.3 Å². The van der Waals surface area contributed by atoms with Crippen LogP contribution < -0.4 is 5.32 Å². The number of furan rings is 1. The second-order valence-corrected chi connectivity index (χ2v) is 5.26. The van der Waals surface area contributed by atoms with Gasteiger partial charge in [-0.25, -0.2) is 4.39 Å². The predicted molar refractivity (Wildman–Crippen MR) is 71.9 cm³/mol. The standard InChI is InChI=1S/C15H16FNO3/c16-11-4-5-13-10(6-11)7-14(20-13)15(19)17-8-9-2-1-3-12(9)18/h4-7,9,12,18H,1-3,8H2,(H,17,19). The van der Waals surface area contributed by atoms with Crippen LogP contribution in [-0.4, -0.2) is 23.7 Å². The van der Waals surface area contributed by atoms with Crippen LogP contribution in [0.1, 0.15) is 29.8 Å². The molecule has 1 heterocycles. The summed E-state index contributed by atoms with van der Waals surface area (Å²) in [4.78, 5) is 12.0. The van der Waals surface area contributed by atoms with Crippen LogP contribution in [0.2, 0.25) is 0 Å². The van der Waals surface area contributed by atoms with Crippen LogP contribution in [0.4, 0.5) is 4.39 Å². The molecular formula is C15H16FNO3. The summed E-state index contributed by atoms with van der Waals surface area (Å²) >= 11 is 0. The van der Waals surface area contributed by atoms with Gasteiger partial charge in [-0.15, -0.1) is 0 Å². The largest absolute Gasteiger partial charge is 0.451 e. The van der Waals surface area contributed by atoms with E-state index >= 15 is 0 Å². The minimum Gasteiger partial charge on any atom is -0.451 e. The molecule has 1 aliphatic rings. The number of fused-ring (bicyclic) bond motifs is 1. The van der Waals surface area contributed by atoms with Gasteiger partial charge in [0.2, 0.25) is 0 Å². The van der Waals surface area contributed by atoms with Crippen molar-refractivity contribution in [2.24, 2.45) is 5.92 Å². The first-order chi connectivity index (χ1) is 9.63. The molecule has 4 nitrogen and oxygen atoms in total. The first-order valence-corrected chi connectivity index (χ1v) is 6.79. The minimum absolute atomic E-state index is 0.112. The molecule has 2 unspecified atom stereocenters. The molecule has 0 bridgehead atoms. The molecule has 20 heavy (non-hydrogen) atoms. The van der Waals surface area contributed by atoms with Crippen LogP contribution in [0.25, 0.3) is 11.0 Å². The molecule has 0 saturated heterocycles. The number of carbonyl (C=O) groups is 1. The van der Waals surface area contributed by atoms with E-state index in [1.54, 1.807) is 0 Å². The number of nitrogens with one attached hydrogen (secondary N) is 1. The van der Waals surface area contributed by atoms with Gasteiger partial charge in [-0.2, -0.15) is 0 Å². The third kappa shape index (κ3) is 2.54. The lowest BCUT2D eigenvalue weighted by molar-refractivity contribution is 0.0892. The third-order valence-electron chi connectivity index (χ3n) is 3.85. The van der Waals surface area contributed by atoms with Crippen LogP contribution in [-0.2, 0) is 0 Å². The van der Waals surface area contributed by atoms with Crippen molar-refractivity contribution < 1.29 is 18.7 Å². The van der Waals surface area contributed by atoms with Gasteiger partial charge in [-0.1, -0.05) is 6.42 Å². The highest BCUT2D eigenvalue weighted by Crippen LogP contribution is 2.25. The number of aliphatic hydroxyl groups is 1. The van der Waals surface area contributed by atoms with Crippen molar-refractivity contribution in [1.29, 1.82) is 0 Å². The van der Waals surface area contributed by atoms with Gasteiger partial charge < -0.3 is 14.8 Å². The Hall–Kier alpha value is -1.88. The Balaban J connectivity index is 1.69. The maximum Gasteiger partial charge on any atom is 0.287 e. The van der Waals surface area contributed by atoms with Crippen molar-refractivity contribution in [1.82, 2.24) is 5.32 Å². The predicted octanol–water partition coefficient (Wildman–Crippen LogP) is 2.46. The molecule has 0 radical (unpaired) electrons. The molecular weight excluding hydrogens is 261 g/mol. The van der Waals surface area contributed by atoms with Crippen molar-refractivity contribution in [3.63, 3.8) is 0 Å². The molecule has 1 aliphatic carbocycles. The Morgan fingerprint density at radius 1 is 1.40 bits per heavy atom. The molecule has 1 aromatic heterocycles. The van der Waals surface area contributed by atoms with Crippen molar-refractivity contribution in [3.8, 4) is 0 Å². The minimum atomic E-state index is -0.362. The zero-order chi connectivity index (χ0) is 14.1. The van der Waals surface area contributed by atoms with E-state index in [4.69, 9.17) is 4.42 Å². The van der Waals surface area contributed by atoms with Gasteiger partial charge in [-0.3, -0.25) is 4.79 Å². The first-order valence-electron chi connectivity index (χ1n) is 6.79. The zero-order valence-corrected chi connectivity index (χ0v) is 10.9. The third-order valence-corrected chi connectivity index (χ3v) is 3.85. The molecule has 0 aliphatic heterocycles. The highest BCUT2D eigenvalue weighted by atomic mass is 19.1. The number of aliphatic hydroxyl groups excluding tert-OH is 1. The maximum atomic E-state index is 13.1. The molecule has 2 N–H and O–H groups in total. The first kappa shape index (κ1) is 13.1. The Bertz CT molecular complexity index is 637. The lowest BCUT2D eigenvalue weighted by atomic mass is 10.1. The molecule has 1 saturated carbocycles. The van der Waals surface area contributed by atoms with Crippen LogP contribution >= 0.6 is 0 Å². The SMILES string of the molecule is O=C(NCC1CCCC1O)c1cc2cc(F)ccc2o1. The van der Waals surface area contributed by atoms with E-state index in [2.05, 4.69) is 5.32 Å². The fraction of sp³-hybridized carbons (Fsp3) is 0.400. The quantitative estimate of drug-likeness (QED) is 0.906. The van der Waals surface area contributed by atoms with E-state index in [0.29, 0.717) is 17.5 Å². The van der Waals surface area contributed by atoms with Gasteiger partial charge in [0.25, 0.3) is 5.91 Å². The Labute approximate surface area is 115 Å². The van der Waals surface area contributed by atoms with Crippen LogP contribution in [0, 0.1) is 11.7 Å². The molecule has 106 valence electrons. The van der Waals surface area contributed by atoms with Gasteiger partial charge in [-0.05, 0) is 37.1 Å². The van der Waals surface area contributed by atoms with E-state index in [1.807, 2.05) is 0 Å². The zero-order valence-electron chi connectivity index (χ0n) is 10.9. The van der Waals surface area contributed by atoms with E-state index in [-0.39, 0.29) is 29.5 Å². The number of hydrogen-bond donors (Lipinski definition) is 2. The fourth-order valence-electron chi connectivity index (χ4n) is 2.69. The lowest BCUT2D eigenvalue weighted by Gasteiger charge is -2.14.